The first-order valence-electron chi connectivity index (χ1n) is 10.5. The second-order valence-electron chi connectivity index (χ2n) is 7.67. The highest BCUT2D eigenvalue weighted by atomic mass is 32.2. The van der Waals surface area contributed by atoms with Crippen molar-refractivity contribution in [3.63, 3.8) is 0 Å². The number of amides is 1. The number of sulfonamides is 1. The van der Waals surface area contributed by atoms with Gasteiger partial charge in [-0.3, -0.25) is 4.79 Å². The zero-order valence-corrected chi connectivity index (χ0v) is 17.8. The summed E-state index contributed by atoms with van der Waals surface area (Å²) in [5.74, 6) is 0.520. The lowest BCUT2D eigenvalue weighted by Gasteiger charge is -2.34. The average Bonchev–Trinajstić information content (AvgIpc) is 3.10. The fourth-order valence-corrected chi connectivity index (χ4v) is 5.53. The molecule has 1 amide bonds. The van der Waals surface area contributed by atoms with Crippen molar-refractivity contribution in [2.75, 3.05) is 44.2 Å². The minimum atomic E-state index is -3.58. The van der Waals surface area contributed by atoms with E-state index in [9.17, 15) is 13.2 Å². The van der Waals surface area contributed by atoms with E-state index in [4.69, 9.17) is 0 Å². The number of aromatic nitrogens is 2. The normalized spacial score (nSPS) is 18.8. The van der Waals surface area contributed by atoms with E-state index >= 15 is 0 Å². The highest BCUT2D eigenvalue weighted by molar-refractivity contribution is 7.89. The van der Waals surface area contributed by atoms with E-state index in [1.54, 1.807) is 45.9 Å². The van der Waals surface area contributed by atoms with Gasteiger partial charge in [0, 0.05) is 57.2 Å². The lowest BCUT2D eigenvalue weighted by atomic mass is 10.2. The fraction of sp³-hybridized carbons (Fsp3) is 0.476. The number of hydrogen-bond acceptors (Lipinski definition) is 6. The maximum Gasteiger partial charge on any atom is 0.254 e. The maximum absolute atomic E-state index is 13.1. The van der Waals surface area contributed by atoms with Crippen molar-refractivity contribution in [2.45, 2.75) is 30.6 Å². The molecular weight excluding hydrogens is 402 g/mol. The molecule has 2 aromatic rings. The molecule has 1 aromatic heterocycles. The number of carbonyl (C=O) groups is 1. The third-order valence-electron chi connectivity index (χ3n) is 5.69. The number of nitrogens with zero attached hydrogens (tertiary/aromatic N) is 5. The molecule has 1 aromatic carbocycles. The standard InChI is InChI=1S/C21H27N5O3S/c27-20(24-13-15-25(16-14-24)21-22-9-6-10-23-21)18-7-5-8-19(17-18)30(28,29)26-11-3-1-2-4-12-26/h5-10,17H,1-4,11-16H2. The minimum Gasteiger partial charge on any atom is -0.337 e. The minimum absolute atomic E-state index is 0.142. The van der Waals surface area contributed by atoms with Crippen molar-refractivity contribution in [1.29, 1.82) is 0 Å². The topological polar surface area (TPSA) is 86.7 Å². The molecule has 2 aliphatic rings. The van der Waals surface area contributed by atoms with Gasteiger partial charge in [0.05, 0.1) is 4.90 Å². The lowest BCUT2D eigenvalue weighted by molar-refractivity contribution is 0.0746. The number of piperazine rings is 1. The van der Waals surface area contributed by atoms with E-state index < -0.39 is 10.0 Å². The molecule has 3 heterocycles. The predicted octanol–water partition coefficient (Wildman–Crippen LogP) is 2.00. The first-order valence-corrected chi connectivity index (χ1v) is 11.9. The molecule has 0 atom stereocenters. The summed E-state index contributed by atoms with van der Waals surface area (Å²) in [4.78, 5) is 25.5. The number of rotatable bonds is 4. The number of benzene rings is 1. The Morgan fingerprint density at radius 3 is 2.17 bits per heavy atom. The Balaban J connectivity index is 1.45. The molecule has 2 saturated heterocycles. The monoisotopic (exact) mass is 429 g/mol. The van der Waals surface area contributed by atoms with Crippen molar-refractivity contribution in [3.05, 3.63) is 48.3 Å². The van der Waals surface area contributed by atoms with Crippen molar-refractivity contribution < 1.29 is 13.2 Å². The van der Waals surface area contributed by atoms with Gasteiger partial charge >= 0.3 is 0 Å². The number of carbonyl (C=O) groups excluding carboxylic acids is 1. The summed E-state index contributed by atoms with van der Waals surface area (Å²) in [6.45, 7) is 3.46. The molecule has 0 N–H and O–H groups in total. The van der Waals surface area contributed by atoms with Gasteiger partial charge in [0.1, 0.15) is 0 Å². The molecule has 0 unspecified atom stereocenters. The van der Waals surface area contributed by atoms with Crippen LogP contribution in [0.5, 0.6) is 0 Å². The Morgan fingerprint density at radius 2 is 1.50 bits per heavy atom. The quantitative estimate of drug-likeness (QED) is 0.739. The lowest BCUT2D eigenvalue weighted by Crippen LogP contribution is -2.49. The molecule has 0 aliphatic carbocycles. The Kier molecular flexibility index (Phi) is 6.29. The second-order valence-corrected chi connectivity index (χ2v) is 9.61. The van der Waals surface area contributed by atoms with Crippen LogP contribution in [-0.2, 0) is 10.0 Å². The maximum atomic E-state index is 13.1. The zero-order chi connectivity index (χ0) is 21.0. The molecule has 2 aliphatic heterocycles. The van der Waals surface area contributed by atoms with Gasteiger partial charge in [-0.15, -0.1) is 0 Å². The summed E-state index contributed by atoms with van der Waals surface area (Å²) in [6, 6.07) is 8.23. The largest absolute Gasteiger partial charge is 0.337 e. The fourth-order valence-electron chi connectivity index (χ4n) is 3.97. The highest BCUT2D eigenvalue weighted by Gasteiger charge is 2.27. The van der Waals surface area contributed by atoms with E-state index in [0.717, 1.165) is 25.7 Å². The van der Waals surface area contributed by atoms with Gasteiger partial charge in [-0.05, 0) is 37.1 Å². The van der Waals surface area contributed by atoms with E-state index in [1.165, 1.54) is 6.07 Å². The van der Waals surface area contributed by atoms with E-state index in [0.29, 0.717) is 50.8 Å². The van der Waals surface area contributed by atoms with Crippen LogP contribution >= 0.6 is 0 Å². The zero-order valence-electron chi connectivity index (χ0n) is 17.0. The van der Waals surface area contributed by atoms with Crippen molar-refractivity contribution in [3.8, 4) is 0 Å². The van der Waals surface area contributed by atoms with Gasteiger partial charge in [0.15, 0.2) is 0 Å². The summed E-state index contributed by atoms with van der Waals surface area (Å²) in [7, 11) is -3.58. The highest BCUT2D eigenvalue weighted by Crippen LogP contribution is 2.22. The second kappa shape index (κ2) is 9.09. The molecular formula is C21H27N5O3S. The molecule has 4 rings (SSSR count). The van der Waals surface area contributed by atoms with Crippen LogP contribution in [0.4, 0.5) is 5.95 Å². The van der Waals surface area contributed by atoms with E-state index in [1.807, 2.05) is 4.90 Å². The van der Waals surface area contributed by atoms with Crippen LogP contribution in [0.2, 0.25) is 0 Å². The Hall–Kier alpha value is -2.52. The van der Waals surface area contributed by atoms with E-state index in [-0.39, 0.29) is 10.8 Å². The van der Waals surface area contributed by atoms with Crippen LogP contribution in [0.25, 0.3) is 0 Å². The van der Waals surface area contributed by atoms with Gasteiger partial charge in [-0.25, -0.2) is 18.4 Å². The third-order valence-corrected chi connectivity index (χ3v) is 7.58. The van der Waals surface area contributed by atoms with Crippen LogP contribution in [-0.4, -0.2) is 72.8 Å². The Morgan fingerprint density at radius 1 is 0.833 bits per heavy atom. The van der Waals surface area contributed by atoms with Crippen LogP contribution in [0.1, 0.15) is 36.0 Å². The van der Waals surface area contributed by atoms with Crippen molar-refractivity contribution in [2.24, 2.45) is 0 Å². The summed E-state index contributed by atoms with van der Waals surface area (Å²) >= 11 is 0. The molecule has 0 spiro atoms. The van der Waals surface area contributed by atoms with Gasteiger partial charge in [-0.2, -0.15) is 4.31 Å². The Labute approximate surface area is 177 Å². The van der Waals surface area contributed by atoms with Crippen LogP contribution in [0, 0.1) is 0 Å². The molecule has 160 valence electrons. The summed E-state index contributed by atoms with van der Waals surface area (Å²) in [6.07, 6.45) is 7.29. The van der Waals surface area contributed by atoms with Gasteiger partial charge < -0.3 is 9.80 Å². The average molecular weight is 430 g/mol. The van der Waals surface area contributed by atoms with Crippen LogP contribution < -0.4 is 4.90 Å². The molecule has 8 nitrogen and oxygen atoms in total. The van der Waals surface area contributed by atoms with Crippen molar-refractivity contribution in [1.82, 2.24) is 19.2 Å². The molecule has 0 saturated carbocycles. The predicted molar refractivity (Wildman–Crippen MR) is 114 cm³/mol. The van der Waals surface area contributed by atoms with Gasteiger partial charge in [-0.1, -0.05) is 18.9 Å². The SMILES string of the molecule is O=C(c1cccc(S(=O)(=O)N2CCCCCC2)c1)N1CCN(c2ncccn2)CC1. The van der Waals surface area contributed by atoms with Crippen LogP contribution in [0.15, 0.2) is 47.6 Å². The Bertz CT molecular complexity index is 967. The molecule has 9 heteroatoms. The van der Waals surface area contributed by atoms with Crippen LogP contribution in [0.3, 0.4) is 0 Å². The summed E-state index contributed by atoms with van der Waals surface area (Å²) in [5.41, 5.74) is 0.412. The van der Waals surface area contributed by atoms with Crippen molar-refractivity contribution >= 4 is 21.9 Å². The molecule has 30 heavy (non-hydrogen) atoms. The van der Waals surface area contributed by atoms with Gasteiger partial charge in [0.25, 0.3) is 5.91 Å². The van der Waals surface area contributed by atoms with E-state index in [2.05, 4.69) is 9.97 Å². The third kappa shape index (κ3) is 4.46. The number of hydrogen-bond donors (Lipinski definition) is 0. The molecule has 0 radical (unpaired) electrons. The first kappa shape index (κ1) is 20.7. The smallest absolute Gasteiger partial charge is 0.254 e. The first-order chi connectivity index (χ1) is 14.6. The molecule has 0 bridgehead atoms. The molecule has 2 fully saturated rings. The summed E-state index contributed by atoms with van der Waals surface area (Å²) in [5, 5.41) is 0. The summed E-state index contributed by atoms with van der Waals surface area (Å²) < 4.78 is 27.7. The van der Waals surface area contributed by atoms with Gasteiger partial charge in [0.2, 0.25) is 16.0 Å². The number of anilines is 1.